The fraction of sp³-hybridized carbons (Fsp3) is 0.471. The summed E-state index contributed by atoms with van der Waals surface area (Å²) in [6, 6.07) is 6.12. The summed E-state index contributed by atoms with van der Waals surface area (Å²) in [5.41, 5.74) is 0.865. The Morgan fingerprint density at radius 3 is 2.57 bits per heavy atom. The van der Waals surface area contributed by atoms with Gasteiger partial charge in [-0.05, 0) is 17.7 Å². The third-order valence-electron chi connectivity index (χ3n) is 3.77. The predicted octanol–water partition coefficient (Wildman–Crippen LogP) is 0.264. The van der Waals surface area contributed by atoms with Crippen LogP contribution in [0.5, 0.6) is 0 Å². The second-order valence-electron chi connectivity index (χ2n) is 6.11. The Balaban J connectivity index is 1.92. The van der Waals surface area contributed by atoms with Crippen molar-refractivity contribution in [2.75, 3.05) is 25.9 Å². The molecule has 0 amide bonds. The Labute approximate surface area is 164 Å². The number of guanidine groups is 1. The molecule has 1 heterocycles. The number of halogens is 1. The summed E-state index contributed by atoms with van der Waals surface area (Å²) in [5, 5.41) is 14.2. The van der Waals surface area contributed by atoms with Gasteiger partial charge in [-0.3, -0.25) is 0 Å². The molecule has 9 nitrogen and oxygen atoms in total. The summed E-state index contributed by atoms with van der Waals surface area (Å²) in [7, 11) is -3.24. The van der Waals surface area contributed by atoms with E-state index in [2.05, 4.69) is 30.5 Å². The first-order valence-corrected chi connectivity index (χ1v) is 10.8. The Morgan fingerprint density at radius 1 is 1.18 bits per heavy atom. The third kappa shape index (κ3) is 8.01. The normalized spacial score (nSPS) is 12.2. The Morgan fingerprint density at radius 2 is 1.89 bits per heavy atom. The highest BCUT2D eigenvalue weighted by molar-refractivity contribution is 7.88. The molecular weight excluding hydrogens is 385 g/mol. The van der Waals surface area contributed by atoms with Crippen molar-refractivity contribution >= 4 is 16.0 Å². The summed E-state index contributed by atoms with van der Waals surface area (Å²) < 4.78 is 39.7. The van der Waals surface area contributed by atoms with Crippen molar-refractivity contribution < 1.29 is 12.8 Å². The monoisotopic (exact) mass is 411 g/mol. The molecule has 0 fully saturated rings. The maximum atomic E-state index is 13.0. The quantitative estimate of drug-likeness (QED) is 0.294. The molecule has 1 aromatic heterocycles. The third-order valence-corrected chi connectivity index (χ3v) is 4.50. The lowest BCUT2D eigenvalue weighted by molar-refractivity contribution is 0.586. The highest BCUT2D eigenvalue weighted by atomic mass is 32.2. The van der Waals surface area contributed by atoms with E-state index in [4.69, 9.17) is 0 Å². The zero-order chi connectivity index (χ0) is 20.4. The van der Waals surface area contributed by atoms with Gasteiger partial charge in [0.25, 0.3) is 0 Å². The van der Waals surface area contributed by atoms with Crippen molar-refractivity contribution in [1.29, 1.82) is 0 Å². The van der Waals surface area contributed by atoms with Gasteiger partial charge in [0.1, 0.15) is 18.0 Å². The topological polar surface area (TPSA) is 113 Å². The van der Waals surface area contributed by atoms with E-state index in [1.54, 1.807) is 18.5 Å². The Kier molecular flexibility index (Phi) is 8.33. The van der Waals surface area contributed by atoms with Crippen LogP contribution in [-0.4, -0.2) is 55.0 Å². The molecule has 11 heteroatoms. The second-order valence-corrected chi connectivity index (χ2v) is 7.94. The lowest BCUT2D eigenvalue weighted by Gasteiger charge is -2.13. The number of hydrogen-bond acceptors (Lipinski definition) is 5. The number of aliphatic imine (C=N–C) groups is 1. The van der Waals surface area contributed by atoms with Gasteiger partial charge < -0.3 is 15.2 Å². The maximum Gasteiger partial charge on any atom is 0.208 e. The van der Waals surface area contributed by atoms with Crippen LogP contribution in [0.1, 0.15) is 18.3 Å². The van der Waals surface area contributed by atoms with Crippen molar-refractivity contribution in [1.82, 2.24) is 30.1 Å². The van der Waals surface area contributed by atoms with Crippen molar-refractivity contribution in [2.24, 2.45) is 4.99 Å². The number of aromatic nitrogens is 3. The van der Waals surface area contributed by atoms with Gasteiger partial charge in [0.05, 0.1) is 12.8 Å². The van der Waals surface area contributed by atoms with Crippen LogP contribution in [0.3, 0.4) is 0 Å². The van der Waals surface area contributed by atoms with Crippen LogP contribution in [-0.2, 0) is 29.5 Å². The van der Waals surface area contributed by atoms with Crippen LogP contribution in [0.4, 0.5) is 4.39 Å². The molecule has 0 saturated heterocycles. The number of sulfonamides is 1. The summed E-state index contributed by atoms with van der Waals surface area (Å²) in [6.45, 7) is 4.23. The van der Waals surface area contributed by atoms with E-state index in [9.17, 15) is 12.8 Å². The Hall–Kier alpha value is -2.53. The lowest BCUT2D eigenvalue weighted by atomic mass is 10.2. The largest absolute Gasteiger partial charge is 0.355 e. The van der Waals surface area contributed by atoms with E-state index in [-0.39, 0.29) is 12.4 Å². The average Bonchev–Trinajstić information content (AvgIpc) is 3.10. The van der Waals surface area contributed by atoms with Gasteiger partial charge >= 0.3 is 0 Å². The van der Waals surface area contributed by atoms with Gasteiger partial charge in [-0.15, -0.1) is 10.2 Å². The van der Waals surface area contributed by atoms with Crippen molar-refractivity contribution in [3.63, 3.8) is 0 Å². The number of benzene rings is 1. The van der Waals surface area contributed by atoms with Gasteiger partial charge in [0.2, 0.25) is 10.0 Å². The molecule has 2 aromatic rings. The SMILES string of the molecule is CCc1nncn1CCNC(=NCc1ccc(F)cc1)NCCNS(C)(=O)=O. The number of aryl methyl sites for hydroxylation is 1. The lowest BCUT2D eigenvalue weighted by Crippen LogP contribution is -2.42. The minimum absolute atomic E-state index is 0.238. The molecule has 0 unspecified atom stereocenters. The molecule has 0 radical (unpaired) electrons. The molecular formula is C17H26FN7O2S. The first kappa shape index (κ1) is 21.8. The summed E-state index contributed by atoms with van der Waals surface area (Å²) in [4.78, 5) is 4.47. The van der Waals surface area contributed by atoms with Gasteiger partial charge in [-0.25, -0.2) is 22.5 Å². The predicted molar refractivity (Wildman–Crippen MR) is 106 cm³/mol. The fourth-order valence-electron chi connectivity index (χ4n) is 2.39. The molecule has 3 N–H and O–H groups in total. The molecule has 0 bridgehead atoms. The highest BCUT2D eigenvalue weighted by Crippen LogP contribution is 2.03. The zero-order valence-electron chi connectivity index (χ0n) is 16.0. The molecule has 154 valence electrons. The fourth-order valence-corrected chi connectivity index (χ4v) is 2.86. The highest BCUT2D eigenvalue weighted by Gasteiger charge is 2.04. The average molecular weight is 412 g/mol. The Bertz CT molecular complexity index is 866. The molecule has 2 rings (SSSR count). The molecule has 0 aliphatic carbocycles. The van der Waals surface area contributed by atoms with Crippen LogP contribution < -0.4 is 15.4 Å². The van der Waals surface area contributed by atoms with Crippen LogP contribution in [0.25, 0.3) is 0 Å². The molecule has 0 atom stereocenters. The summed E-state index contributed by atoms with van der Waals surface area (Å²) in [5.74, 6) is 1.14. The van der Waals surface area contributed by atoms with Crippen LogP contribution in [0, 0.1) is 5.82 Å². The van der Waals surface area contributed by atoms with Crippen molar-refractivity contribution in [3.8, 4) is 0 Å². The van der Waals surface area contributed by atoms with E-state index in [0.717, 1.165) is 24.1 Å². The molecule has 1 aromatic carbocycles. The molecule has 0 spiro atoms. The summed E-state index contributed by atoms with van der Waals surface area (Å²) in [6.07, 6.45) is 3.58. The minimum atomic E-state index is -3.24. The van der Waals surface area contributed by atoms with Gasteiger partial charge in [-0.1, -0.05) is 19.1 Å². The molecule has 0 aliphatic heterocycles. The van der Waals surface area contributed by atoms with E-state index < -0.39 is 10.0 Å². The van der Waals surface area contributed by atoms with Gasteiger partial charge in [0, 0.05) is 32.6 Å². The van der Waals surface area contributed by atoms with Crippen LogP contribution in [0.15, 0.2) is 35.6 Å². The maximum absolute atomic E-state index is 13.0. The van der Waals surface area contributed by atoms with E-state index in [1.165, 1.54) is 12.1 Å². The van der Waals surface area contributed by atoms with Crippen LogP contribution >= 0.6 is 0 Å². The van der Waals surface area contributed by atoms with Crippen LogP contribution in [0.2, 0.25) is 0 Å². The minimum Gasteiger partial charge on any atom is -0.355 e. The number of nitrogens with one attached hydrogen (secondary N) is 3. The number of nitrogens with zero attached hydrogens (tertiary/aromatic N) is 4. The van der Waals surface area contributed by atoms with Gasteiger partial charge in [-0.2, -0.15) is 0 Å². The van der Waals surface area contributed by atoms with E-state index in [1.807, 2.05) is 11.5 Å². The first-order chi connectivity index (χ1) is 13.4. The molecule has 0 saturated carbocycles. The molecule has 0 aliphatic rings. The standard InChI is InChI=1S/C17H26FN7O2S/c1-3-16-24-22-13-25(16)11-10-20-17(19-8-9-23-28(2,26)27)21-12-14-4-6-15(18)7-5-14/h4-7,13,23H,3,8-12H2,1-2H3,(H2,19,20,21). The zero-order valence-corrected chi connectivity index (χ0v) is 16.8. The summed E-state index contributed by atoms with van der Waals surface area (Å²) >= 11 is 0. The van der Waals surface area contributed by atoms with Gasteiger partial charge in [0.15, 0.2) is 5.96 Å². The smallest absolute Gasteiger partial charge is 0.208 e. The first-order valence-electron chi connectivity index (χ1n) is 8.95. The second kappa shape index (κ2) is 10.7. The van der Waals surface area contributed by atoms with E-state index >= 15 is 0 Å². The molecule has 28 heavy (non-hydrogen) atoms. The van der Waals surface area contributed by atoms with Crippen molar-refractivity contribution in [3.05, 3.63) is 47.8 Å². The number of rotatable bonds is 10. The van der Waals surface area contributed by atoms with Crippen molar-refractivity contribution in [2.45, 2.75) is 26.4 Å². The van der Waals surface area contributed by atoms with E-state index in [0.29, 0.717) is 32.1 Å². The number of hydrogen-bond donors (Lipinski definition) is 3.